The molecule has 0 aromatic rings. The van der Waals surface area contributed by atoms with Crippen LogP contribution in [-0.2, 0) is 19.1 Å². The quantitative estimate of drug-likeness (QED) is 0.211. The van der Waals surface area contributed by atoms with E-state index in [1.807, 2.05) is 19.1 Å². The molecular weight excluding hydrogens is 343 g/mol. The van der Waals surface area contributed by atoms with Crippen molar-refractivity contribution in [3.63, 3.8) is 0 Å². The van der Waals surface area contributed by atoms with E-state index >= 15 is 0 Å². The van der Waals surface area contributed by atoms with Gasteiger partial charge in [-0.3, -0.25) is 0 Å². The third-order valence-corrected chi connectivity index (χ3v) is 4.79. The summed E-state index contributed by atoms with van der Waals surface area (Å²) in [5.74, 6) is -0.602. The van der Waals surface area contributed by atoms with Crippen LogP contribution in [0.1, 0.15) is 46.0 Å². The van der Waals surface area contributed by atoms with E-state index in [0.29, 0.717) is 24.5 Å². The Bertz CT molecular complexity index is 671. The van der Waals surface area contributed by atoms with Gasteiger partial charge < -0.3 is 9.47 Å². The fourth-order valence-electron chi connectivity index (χ4n) is 3.40. The van der Waals surface area contributed by atoms with Crippen LogP contribution >= 0.6 is 0 Å². The first kappa shape index (κ1) is 20.7. The number of ether oxygens (including phenoxy) is 2. The standard InChI is InChI=1S/C20H23O4.K/c1-12-5-4-6-15-11-16(23-20(15)22)9-13(2)10-18-17(8-7-12)14(3)19(21)24-18;/h5,10-11,16-17H,3-4,6-9H2,1-2H3;/q-1;+1/b12-5+,13-10+;. The third kappa shape index (κ3) is 4.98. The number of carbonyl (C=O) groups is 2. The molecule has 0 aromatic carbocycles. The topological polar surface area (TPSA) is 52.6 Å². The Hall–Kier alpha value is -0.594. The normalized spacial score (nSPS) is 31.4. The number of fused-ring (bicyclic) bond motifs is 2. The maximum atomic E-state index is 11.9. The van der Waals surface area contributed by atoms with E-state index in [0.717, 1.165) is 30.4 Å². The van der Waals surface area contributed by atoms with Crippen molar-refractivity contribution < 1.29 is 70.4 Å². The molecule has 0 radical (unpaired) electrons. The van der Waals surface area contributed by atoms with Crippen LogP contribution in [0.2, 0.25) is 0 Å². The van der Waals surface area contributed by atoms with Gasteiger partial charge >= 0.3 is 63.3 Å². The second kappa shape index (κ2) is 8.87. The summed E-state index contributed by atoms with van der Waals surface area (Å²) in [6, 6.07) is 0. The van der Waals surface area contributed by atoms with Gasteiger partial charge in [0.05, 0.1) is 0 Å². The fraction of sp³-hybridized carbons (Fsp3) is 0.450. The molecule has 2 unspecified atom stereocenters. The smallest absolute Gasteiger partial charge is 0.521 e. The van der Waals surface area contributed by atoms with E-state index in [1.54, 1.807) is 0 Å². The first-order chi connectivity index (χ1) is 11.4. The number of allylic oxidation sites excluding steroid dienone is 2. The molecule has 5 heteroatoms. The van der Waals surface area contributed by atoms with Crippen molar-refractivity contribution in [1.82, 2.24) is 0 Å². The first-order valence-corrected chi connectivity index (χ1v) is 8.46. The fourth-order valence-corrected chi connectivity index (χ4v) is 3.40. The van der Waals surface area contributed by atoms with Gasteiger partial charge in [0.2, 0.25) is 0 Å². The molecule has 4 nitrogen and oxygen atoms in total. The maximum absolute atomic E-state index is 11.9. The van der Waals surface area contributed by atoms with Crippen LogP contribution < -0.4 is 51.4 Å². The Labute approximate surface area is 191 Å². The van der Waals surface area contributed by atoms with Crippen LogP contribution in [0.3, 0.4) is 0 Å². The SMILES string of the molecule is C=C1C(=O)O[C-]2/C=C(\C)CC3C=C(CC/C=C(\C)CCC12)C(=O)O3.[K+]. The van der Waals surface area contributed by atoms with Crippen molar-refractivity contribution in [2.75, 3.05) is 0 Å². The van der Waals surface area contributed by atoms with Gasteiger partial charge in [-0.1, -0.05) is 31.1 Å². The van der Waals surface area contributed by atoms with Crippen molar-refractivity contribution in [1.29, 1.82) is 0 Å². The number of hydrogen-bond acceptors (Lipinski definition) is 4. The second-order valence-electron chi connectivity index (χ2n) is 6.83. The van der Waals surface area contributed by atoms with Crippen LogP contribution in [0.4, 0.5) is 0 Å². The molecule has 0 aromatic heterocycles. The zero-order valence-corrected chi connectivity index (χ0v) is 18.4. The zero-order chi connectivity index (χ0) is 17.3. The van der Waals surface area contributed by atoms with Gasteiger partial charge in [-0.2, -0.15) is 6.08 Å². The van der Waals surface area contributed by atoms with Gasteiger partial charge in [-0.15, -0.1) is 6.92 Å². The predicted molar refractivity (Wildman–Crippen MR) is 90.5 cm³/mol. The molecule has 1 saturated heterocycles. The number of carbonyl (C=O) groups excluding carboxylic acids is 2. The summed E-state index contributed by atoms with van der Waals surface area (Å²) in [5.41, 5.74) is 3.57. The van der Waals surface area contributed by atoms with Gasteiger partial charge in [0.1, 0.15) is 6.10 Å². The maximum Gasteiger partial charge on any atom is 1.00 e. The zero-order valence-electron chi connectivity index (χ0n) is 15.3. The molecule has 3 aliphatic rings. The molecule has 25 heavy (non-hydrogen) atoms. The van der Waals surface area contributed by atoms with Crippen LogP contribution in [0.5, 0.6) is 0 Å². The minimum absolute atomic E-state index is 0. The van der Waals surface area contributed by atoms with Crippen LogP contribution in [0.15, 0.2) is 47.1 Å². The summed E-state index contributed by atoms with van der Waals surface area (Å²) in [7, 11) is 0. The number of hydrogen-bond donors (Lipinski definition) is 0. The van der Waals surface area contributed by atoms with Crippen LogP contribution in [0, 0.1) is 12.0 Å². The Morgan fingerprint density at radius 2 is 1.92 bits per heavy atom. The molecule has 2 aliphatic heterocycles. The summed E-state index contributed by atoms with van der Waals surface area (Å²) < 4.78 is 10.8. The second-order valence-corrected chi connectivity index (χ2v) is 6.83. The molecule has 2 heterocycles. The van der Waals surface area contributed by atoms with Gasteiger partial charge in [0, 0.05) is 11.1 Å². The van der Waals surface area contributed by atoms with Gasteiger partial charge in [0.25, 0.3) is 0 Å². The molecule has 0 amide bonds. The van der Waals surface area contributed by atoms with Crippen molar-refractivity contribution in [3.8, 4) is 0 Å². The minimum Gasteiger partial charge on any atom is -0.521 e. The van der Waals surface area contributed by atoms with Crippen LogP contribution in [0.25, 0.3) is 0 Å². The molecule has 1 fully saturated rings. The van der Waals surface area contributed by atoms with E-state index in [9.17, 15) is 9.59 Å². The Balaban J connectivity index is 0.00000225. The Kier molecular flexibility index (Phi) is 7.35. The minimum atomic E-state index is -0.334. The van der Waals surface area contributed by atoms with E-state index in [-0.39, 0.29) is 75.3 Å². The first-order valence-electron chi connectivity index (χ1n) is 8.46. The van der Waals surface area contributed by atoms with Crippen molar-refractivity contribution in [2.24, 2.45) is 5.92 Å². The summed E-state index contributed by atoms with van der Waals surface area (Å²) >= 11 is 0. The van der Waals surface area contributed by atoms with E-state index in [4.69, 9.17) is 9.47 Å². The largest absolute Gasteiger partial charge is 1.00 e. The average molecular weight is 366 g/mol. The molecular formula is C20H23KO4. The van der Waals surface area contributed by atoms with Crippen molar-refractivity contribution >= 4 is 11.9 Å². The number of esters is 2. The molecule has 0 N–H and O–H groups in total. The Morgan fingerprint density at radius 3 is 2.68 bits per heavy atom. The van der Waals surface area contributed by atoms with Crippen LogP contribution in [-0.4, -0.2) is 18.0 Å². The van der Waals surface area contributed by atoms with E-state index in [2.05, 4.69) is 19.6 Å². The molecule has 0 saturated carbocycles. The van der Waals surface area contributed by atoms with Crippen molar-refractivity contribution in [2.45, 2.75) is 52.1 Å². The average Bonchev–Trinajstić information content (AvgIpc) is 2.97. The molecule has 2 atom stereocenters. The Morgan fingerprint density at radius 1 is 1.16 bits per heavy atom. The predicted octanol–water partition coefficient (Wildman–Crippen LogP) is 0.960. The summed E-state index contributed by atoms with van der Waals surface area (Å²) in [6.45, 7) is 7.94. The monoisotopic (exact) mass is 366 g/mol. The van der Waals surface area contributed by atoms with Gasteiger partial charge in [-0.05, 0) is 44.3 Å². The summed E-state index contributed by atoms with van der Waals surface area (Å²) in [5, 5.41) is 0. The van der Waals surface area contributed by atoms with E-state index < -0.39 is 0 Å². The molecule has 0 spiro atoms. The molecule has 128 valence electrons. The summed E-state index contributed by atoms with van der Waals surface area (Å²) in [6.07, 6.45) is 10.3. The van der Waals surface area contributed by atoms with Gasteiger partial charge in [0.15, 0.2) is 0 Å². The number of rotatable bonds is 0. The molecule has 1 aliphatic carbocycles. The van der Waals surface area contributed by atoms with Gasteiger partial charge in [-0.25, -0.2) is 15.2 Å². The summed E-state index contributed by atoms with van der Waals surface area (Å²) in [4.78, 5) is 23.8. The van der Waals surface area contributed by atoms with Crippen molar-refractivity contribution in [3.05, 3.63) is 53.2 Å². The van der Waals surface area contributed by atoms with E-state index in [1.165, 1.54) is 5.57 Å². The molecule has 2 bridgehead atoms. The molecule has 3 rings (SSSR count). The third-order valence-electron chi connectivity index (χ3n) is 4.79.